The third kappa shape index (κ3) is 3.07. The van der Waals surface area contributed by atoms with Crippen molar-refractivity contribution in [3.05, 3.63) is 34.3 Å². The van der Waals surface area contributed by atoms with E-state index >= 15 is 0 Å². The number of nitrogens with zero attached hydrogens (tertiary/aromatic N) is 1. The van der Waals surface area contributed by atoms with Gasteiger partial charge in [-0.25, -0.2) is 0 Å². The highest BCUT2D eigenvalue weighted by Gasteiger charge is 2.29. The summed E-state index contributed by atoms with van der Waals surface area (Å²) in [6.45, 7) is 3.57. The first-order valence-corrected chi connectivity index (χ1v) is 6.63. The normalized spacial score (nSPS) is 24.1. The van der Waals surface area contributed by atoms with Crippen molar-refractivity contribution in [2.24, 2.45) is 11.7 Å². The van der Waals surface area contributed by atoms with Crippen LogP contribution in [0.4, 0.5) is 0 Å². The van der Waals surface area contributed by atoms with Crippen LogP contribution in [0.2, 0.25) is 0 Å². The van der Waals surface area contributed by atoms with Crippen LogP contribution in [0.3, 0.4) is 0 Å². The predicted octanol–water partition coefficient (Wildman–Crippen LogP) is 1.80. The molecule has 0 aromatic heterocycles. The van der Waals surface area contributed by atoms with Crippen molar-refractivity contribution < 1.29 is 4.79 Å². The molecule has 0 radical (unpaired) electrons. The number of halogens is 1. The van der Waals surface area contributed by atoms with E-state index in [9.17, 15) is 4.79 Å². The van der Waals surface area contributed by atoms with E-state index < -0.39 is 0 Å². The average molecular weight is 297 g/mol. The van der Waals surface area contributed by atoms with Gasteiger partial charge in [0.25, 0.3) is 0 Å². The molecule has 0 spiro atoms. The van der Waals surface area contributed by atoms with Crippen molar-refractivity contribution in [2.45, 2.75) is 19.4 Å². The van der Waals surface area contributed by atoms with Crippen LogP contribution in [-0.4, -0.2) is 29.9 Å². The number of hydrogen-bond donors (Lipinski definition) is 1. The maximum Gasteiger partial charge on any atom is 0.227 e. The van der Waals surface area contributed by atoms with Gasteiger partial charge in [-0.2, -0.15) is 0 Å². The van der Waals surface area contributed by atoms with Gasteiger partial charge in [-0.1, -0.05) is 35.0 Å². The van der Waals surface area contributed by atoms with E-state index in [2.05, 4.69) is 22.9 Å². The average Bonchev–Trinajstić information content (AvgIpc) is 2.59. The lowest BCUT2D eigenvalue weighted by Crippen LogP contribution is -2.33. The summed E-state index contributed by atoms with van der Waals surface area (Å²) >= 11 is 3.41. The largest absolute Gasteiger partial charge is 0.341 e. The molecule has 0 aliphatic carbocycles. The van der Waals surface area contributed by atoms with E-state index in [1.54, 1.807) is 0 Å². The molecule has 1 aliphatic rings. The standard InChI is InChI=1S/C13H17BrN2O/c1-9-7-16(8-12(9)15)13(17)6-10-3-2-4-11(14)5-10/h2-5,9,12H,6-8,15H2,1H3. The summed E-state index contributed by atoms with van der Waals surface area (Å²) in [6, 6.07) is 7.99. The molecule has 0 bridgehead atoms. The van der Waals surface area contributed by atoms with Crippen LogP contribution in [-0.2, 0) is 11.2 Å². The summed E-state index contributed by atoms with van der Waals surface area (Å²) in [4.78, 5) is 13.9. The van der Waals surface area contributed by atoms with Crippen molar-refractivity contribution >= 4 is 21.8 Å². The first-order chi connectivity index (χ1) is 8.06. The molecule has 2 rings (SSSR count). The fourth-order valence-corrected chi connectivity index (χ4v) is 2.58. The minimum absolute atomic E-state index is 0.126. The number of amides is 1. The van der Waals surface area contributed by atoms with Crippen LogP contribution < -0.4 is 5.73 Å². The van der Waals surface area contributed by atoms with Gasteiger partial charge in [-0.15, -0.1) is 0 Å². The molecule has 1 fully saturated rings. The fourth-order valence-electron chi connectivity index (χ4n) is 2.13. The second kappa shape index (κ2) is 5.19. The molecule has 17 heavy (non-hydrogen) atoms. The van der Waals surface area contributed by atoms with Crippen molar-refractivity contribution in [2.75, 3.05) is 13.1 Å². The van der Waals surface area contributed by atoms with Crippen LogP contribution in [0.15, 0.2) is 28.7 Å². The minimum Gasteiger partial charge on any atom is -0.341 e. The van der Waals surface area contributed by atoms with Gasteiger partial charge in [-0.05, 0) is 23.6 Å². The van der Waals surface area contributed by atoms with Gasteiger partial charge in [0.05, 0.1) is 6.42 Å². The summed E-state index contributed by atoms with van der Waals surface area (Å²) in [5, 5.41) is 0. The maximum absolute atomic E-state index is 12.1. The Morgan fingerprint density at radius 1 is 1.53 bits per heavy atom. The monoisotopic (exact) mass is 296 g/mol. The quantitative estimate of drug-likeness (QED) is 0.905. The van der Waals surface area contributed by atoms with E-state index in [0.29, 0.717) is 18.9 Å². The van der Waals surface area contributed by atoms with Crippen LogP contribution in [0.1, 0.15) is 12.5 Å². The number of nitrogens with two attached hydrogens (primary N) is 1. The van der Waals surface area contributed by atoms with Gasteiger partial charge in [0.15, 0.2) is 0 Å². The zero-order chi connectivity index (χ0) is 12.4. The van der Waals surface area contributed by atoms with Crippen LogP contribution >= 0.6 is 15.9 Å². The smallest absolute Gasteiger partial charge is 0.227 e. The van der Waals surface area contributed by atoms with Crippen molar-refractivity contribution in [3.63, 3.8) is 0 Å². The Bertz CT molecular complexity index is 412. The van der Waals surface area contributed by atoms with Gasteiger partial charge >= 0.3 is 0 Å². The summed E-state index contributed by atoms with van der Waals surface area (Å²) in [5.74, 6) is 0.573. The summed E-state index contributed by atoms with van der Waals surface area (Å²) in [7, 11) is 0. The molecule has 2 atom stereocenters. The number of likely N-dealkylation sites (tertiary alicyclic amines) is 1. The first-order valence-electron chi connectivity index (χ1n) is 5.84. The van der Waals surface area contributed by atoms with Gasteiger partial charge in [0, 0.05) is 23.6 Å². The zero-order valence-corrected chi connectivity index (χ0v) is 11.5. The van der Waals surface area contributed by atoms with Gasteiger partial charge in [-0.3, -0.25) is 4.79 Å². The van der Waals surface area contributed by atoms with E-state index in [1.807, 2.05) is 29.2 Å². The van der Waals surface area contributed by atoms with Gasteiger partial charge in [0.2, 0.25) is 5.91 Å². The predicted molar refractivity (Wildman–Crippen MR) is 71.6 cm³/mol. The lowest BCUT2D eigenvalue weighted by atomic mass is 10.1. The number of benzene rings is 1. The van der Waals surface area contributed by atoms with Crippen molar-refractivity contribution in [1.29, 1.82) is 0 Å². The Labute approximate surface area is 110 Å². The highest BCUT2D eigenvalue weighted by Crippen LogP contribution is 2.17. The molecule has 1 aromatic carbocycles. The molecule has 3 nitrogen and oxygen atoms in total. The lowest BCUT2D eigenvalue weighted by Gasteiger charge is -2.15. The second-order valence-corrected chi connectivity index (χ2v) is 5.66. The molecule has 1 aliphatic heterocycles. The topological polar surface area (TPSA) is 46.3 Å². The Morgan fingerprint density at radius 3 is 2.88 bits per heavy atom. The lowest BCUT2D eigenvalue weighted by molar-refractivity contribution is -0.129. The number of carbonyl (C=O) groups excluding carboxylic acids is 1. The van der Waals surface area contributed by atoms with Crippen LogP contribution in [0, 0.1) is 5.92 Å². The molecule has 92 valence electrons. The highest BCUT2D eigenvalue weighted by molar-refractivity contribution is 9.10. The maximum atomic E-state index is 12.1. The summed E-state index contributed by atoms with van der Waals surface area (Å²) < 4.78 is 1.01. The Kier molecular flexibility index (Phi) is 3.84. The minimum atomic E-state index is 0.126. The SMILES string of the molecule is CC1CN(C(=O)Cc2cccc(Br)c2)CC1N. The molecule has 1 saturated heterocycles. The Morgan fingerprint density at radius 2 is 2.29 bits per heavy atom. The zero-order valence-electron chi connectivity index (χ0n) is 9.90. The third-order valence-electron chi connectivity index (χ3n) is 3.27. The Hall–Kier alpha value is -0.870. The summed E-state index contributed by atoms with van der Waals surface area (Å²) in [6.07, 6.45) is 0.457. The van der Waals surface area contributed by atoms with E-state index in [4.69, 9.17) is 5.73 Å². The van der Waals surface area contributed by atoms with E-state index in [-0.39, 0.29) is 11.9 Å². The van der Waals surface area contributed by atoms with Crippen molar-refractivity contribution in [1.82, 2.24) is 4.90 Å². The molecule has 4 heteroatoms. The van der Waals surface area contributed by atoms with E-state index in [0.717, 1.165) is 16.6 Å². The summed E-state index contributed by atoms with van der Waals surface area (Å²) in [5.41, 5.74) is 6.96. The second-order valence-electron chi connectivity index (χ2n) is 4.75. The third-order valence-corrected chi connectivity index (χ3v) is 3.76. The molecular formula is C13H17BrN2O. The van der Waals surface area contributed by atoms with Gasteiger partial charge < -0.3 is 10.6 Å². The highest BCUT2D eigenvalue weighted by atomic mass is 79.9. The van der Waals surface area contributed by atoms with Crippen LogP contribution in [0.5, 0.6) is 0 Å². The number of rotatable bonds is 2. The van der Waals surface area contributed by atoms with Gasteiger partial charge in [0.1, 0.15) is 0 Å². The molecule has 1 heterocycles. The number of hydrogen-bond acceptors (Lipinski definition) is 2. The number of carbonyl (C=O) groups is 1. The molecule has 1 amide bonds. The molecular weight excluding hydrogens is 280 g/mol. The van der Waals surface area contributed by atoms with Crippen LogP contribution in [0.25, 0.3) is 0 Å². The fraction of sp³-hybridized carbons (Fsp3) is 0.462. The Balaban J connectivity index is 1.98. The van der Waals surface area contributed by atoms with Crippen molar-refractivity contribution in [3.8, 4) is 0 Å². The van der Waals surface area contributed by atoms with E-state index in [1.165, 1.54) is 0 Å². The molecule has 1 aromatic rings. The molecule has 0 saturated carbocycles. The molecule has 2 unspecified atom stereocenters. The molecule has 2 N–H and O–H groups in total. The first kappa shape index (κ1) is 12.6.